The fourth-order valence-electron chi connectivity index (χ4n) is 4.66. The van der Waals surface area contributed by atoms with Gasteiger partial charge in [-0.1, -0.05) is 39.8 Å². The van der Waals surface area contributed by atoms with Crippen LogP contribution in [-0.4, -0.2) is 22.5 Å². The van der Waals surface area contributed by atoms with Gasteiger partial charge in [0.25, 0.3) is 0 Å². The zero-order valence-corrected chi connectivity index (χ0v) is 16.8. The van der Waals surface area contributed by atoms with E-state index in [2.05, 4.69) is 0 Å². The Balaban J connectivity index is 2.16. The molecule has 0 radical (unpaired) electrons. The first-order valence-corrected chi connectivity index (χ1v) is 9.66. The molecule has 28 heavy (non-hydrogen) atoms. The minimum atomic E-state index is -1.07. The average molecular weight is 386 g/mol. The summed E-state index contributed by atoms with van der Waals surface area (Å²) in [5, 5.41) is 10.7. The molecule has 0 bridgehead atoms. The highest BCUT2D eigenvalue weighted by Crippen LogP contribution is 2.47. The van der Waals surface area contributed by atoms with Gasteiger partial charge in [0.1, 0.15) is 23.1 Å². The van der Waals surface area contributed by atoms with Gasteiger partial charge in [0.05, 0.1) is 5.92 Å². The first-order chi connectivity index (χ1) is 12.9. The minimum absolute atomic E-state index is 0.0938. The summed E-state index contributed by atoms with van der Waals surface area (Å²) < 4.78 is 14.0. The summed E-state index contributed by atoms with van der Waals surface area (Å²) in [5.74, 6) is -3.42. The summed E-state index contributed by atoms with van der Waals surface area (Å²) >= 11 is 0. The zero-order valence-electron chi connectivity index (χ0n) is 16.8. The molecule has 0 spiro atoms. The topological polar surface area (TPSA) is 71.4 Å². The van der Waals surface area contributed by atoms with Crippen molar-refractivity contribution in [1.29, 1.82) is 0 Å². The predicted octanol–water partition coefficient (Wildman–Crippen LogP) is 4.68. The maximum atomic E-state index is 14.0. The second-order valence-corrected chi connectivity index (χ2v) is 9.76. The van der Waals surface area contributed by atoms with Gasteiger partial charge in [-0.15, -0.1) is 0 Å². The predicted molar refractivity (Wildman–Crippen MR) is 103 cm³/mol. The van der Waals surface area contributed by atoms with Gasteiger partial charge < -0.3 is 5.11 Å². The van der Waals surface area contributed by atoms with Crippen LogP contribution in [0.3, 0.4) is 0 Å². The van der Waals surface area contributed by atoms with Crippen LogP contribution >= 0.6 is 0 Å². The molecule has 0 saturated heterocycles. The molecule has 1 aromatic carbocycles. The summed E-state index contributed by atoms with van der Waals surface area (Å²) in [4.78, 5) is 38.9. The largest absolute Gasteiger partial charge is 0.512 e. The molecule has 1 unspecified atom stereocenters. The molecule has 0 amide bonds. The lowest BCUT2D eigenvalue weighted by Crippen LogP contribution is -2.43. The number of hydrogen-bond acceptors (Lipinski definition) is 4. The molecule has 0 aromatic heterocycles. The van der Waals surface area contributed by atoms with E-state index >= 15 is 0 Å². The van der Waals surface area contributed by atoms with Crippen LogP contribution in [0.2, 0.25) is 0 Å². The summed E-state index contributed by atoms with van der Waals surface area (Å²) in [5.41, 5.74) is -0.372. The van der Waals surface area contributed by atoms with Gasteiger partial charge in [0.2, 0.25) is 0 Å². The highest BCUT2D eigenvalue weighted by molar-refractivity contribution is 6.09. The van der Waals surface area contributed by atoms with E-state index in [1.165, 1.54) is 18.2 Å². The van der Waals surface area contributed by atoms with Crippen molar-refractivity contribution in [3.8, 4) is 0 Å². The molecule has 3 rings (SSSR count). The fraction of sp³-hybridized carbons (Fsp3) is 0.522. The van der Waals surface area contributed by atoms with Gasteiger partial charge in [-0.2, -0.15) is 0 Å². The molecule has 1 saturated carbocycles. The fourth-order valence-corrected chi connectivity index (χ4v) is 4.66. The van der Waals surface area contributed by atoms with Gasteiger partial charge in [-0.25, -0.2) is 4.39 Å². The Hall–Kier alpha value is -2.30. The Bertz CT molecular complexity index is 858. The third-order valence-corrected chi connectivity index (χ3v) is 5.75. The summed E-state index contributed by atoms with van der Waals surface area (Å²) in [6.07, 6.45) is 0.908. The molecule has 4 nitrogen and oxygen atoms in total. The van der Waals surface area contributed by atoms with Crippen molar-refractivity contribution in [3.05, 3.63) is 47.0 Å². The van der Waals surface area contributed by atoms with Gasteiger partial charge in [0, 0.05) is 37.2 Å². The van der Waals surface area contributed by atoms with Gasteiger partial charge in [-0.3, -0.25) is 14.4 Å². The number of carbonyl (C=O) groups excluding carboxylic acids is 3. The molecule has 5 heteroatoms. The van der Waals surface area contributed by atoms with E-state index in [9.17, 15) is 23.9 Å². The van der Waals surface area contributed by atoms with Crippen LogP contribution in [0.5, 0.6) is 0 Å². The van der Waals surface area contributed by atoms with Crippen molar-refractivity contribution in [1.82, 2.24) is 0 Å². The number of allylic oxidation sites excluding steroid dienone is 2. The van der Waals surface area contributed by atoms with E-state index in [1.54, 1.807) is 6.07 Å². The number of Topliss-reactive ketones (excluding diaryl/α,β-unsaturated/α-hetero) is 3. The molecule has 0 heterocycles. The first-order valence-electron chi connectivity index (χ1n) is 9.66. The number of ketones is 3. The number of hydrogen-bond donors (Lipinski definition) is 1. The van der Waals surface area contributed by atoms with E-state index in [4.69, 9.17) is 0 Å². The number of rotatable bonds is 3. The molecule has 150 valence electrons. The molecule has 1 aromatic rings. The van der Waals surface area contributed by atoms with Crippen molar-refractivity contribution < 1.29 is 23.9 Å². The summed E-state index contributed by atoms with van der Waals surface area (Å²) in [6, 6.07) is 5.63. The molecule has 1 fully saturated rings. The zero-order chi connectivity index (χ0) is 20.9. The van der Waals surface area contributed by atoms with Crippen LogP contribution < -0.4 is 0 Å². The Morgan fingerprint density at radius 3 is 2.07 bits per heavy atom. The van der Waals surface area contributed by atoms with E-state index in [0.29, 0.717) is 5.56 Å². The second-order valence-electron chi connectivity index (χ2n) is 9.76. The first kappa shape index (κ1) is 20.4. The van der Waals surface area contributed by atoms with Crippen LogP contribution in [0.15, 0.2) is 35.6 Å². The normalized spacial score (nSPS) is 23.8. The van der Waals surface area contributed by atoms with E-state index in [1.807, 2.05) is 27.7 Å². The highest BCUT2D eigenvalue weighted by atomic mass is 19.1. The summed E-state index contributed by atoms with van der Waals surface area (Å²) in [7, 11) is 0. The number of halogens is 1. The molecular formula is C23H27FO4. The van der Waals surface area contributed by atoms with Crippen LogP contribution in [-0.2, 0) is 14.4 Å². The van der Waals surface area contributed by atoms with Crippen LogP contribution in [0.1, 0.15) is 64.9 Å². The van der Waals surface area contributed by atoms with Crippen LogP contribution in [0.4, 0.5) is 4.39 Å². The third-order valence-electron chi connectivity index (χ3n) is 5.75. The van der Waals surface area contributed by atoms with Gasteiger partial charge in [-0.05, 0) is 28.5 Å². The molecule has 2 aliphatic rings. The Kier molecular flexibility index (Phi) is 5.07. The van der Waals surface area contributed by atoms with Crippen LogP contribution in [0, 0.1) is 22.6 Å². The van der Waals surface area contributed by atoms with Crippen molar-refractivity contribution >= 4 is 17.3 Å². The lowest BCUT2D eigenvalue weighted by Gasteiger charge is -2.39. The van der Waals surface area contributed by atoms with Crippen LogP contribution in [0.25, 0.3) is 0 Å². The van der Waals surface area contributed by atoms with Crippen molar-refractivity contribution in [2.24, 2.45) is 16.7 Å². The second kappa shape index (κ2) is 6.94. The molecular weight excluding hydrogens is 359 g/mol. The number of carbonyl (C=O) groups is 3. The lowest BCUT2D eigenvalue weighted by molar-refractivity contribution is -0.140. The van der Waals surface area contributed by atoms with Crippen molar-refractivity contribution in [2.75, 3.05) is 0 Å². The maximum Gasteiger partial charge on any atom is 0.163 e. The lowest BCUT2D eigenvalue weighted by atomic mass is 9.62. The number of aliphatic hydroxyl groups excluding tert-OH is 1. The Morgan fingerprint density at radius 2 is 1.54 bits per heavy atom. The average Bonchev–Trinajstić information content (AvgIpc) is 2.49. The Labute approximate surface area is 164 Å². The molecule has 2 aliphatic carbocycles. The van der Waals surface area contributed by atoms with E-state index < -0.39 is 28.5 Å². The smallest absolute Gasteiger partial charge is 0.163 e. The highest BCUT2D eigenvalue weighted by Gasteiger charge is 2.48. The van der Waals surface area contributed by atoms with Gasteiger partial charge in [0.15, 0.2) is 5.78 Å². The maximum absolute atomic E-state index is 14.0. The van der Waals surface area contributed by atoms with E-state index in [-0.39, 0.29) is 54.4 Å². The van der Waals surface area contributed by atoms with Crippen molar-refractivity contribution in [2.45, 2.75) is 59.3 Å². The SMILES string of the molecule is CC1(C)CC(=O)C(C(C2=C(O)CC(C)(C)CC2=O)c2cccc(F)c2)C(=O)C1. The van der Waals surface area contributed by atoms with E-state index in [0.717, 1.165) is 0 Å². The third kappa shape index (κ3) is 3.94. The monoisotopic (exact) mass is 386 g/mol. The number of benzene rings is 1. The molecule has 1 N–H and O–H groups in total. The summed E-state index contributed by atoms with van der Waals surface area (Å²) in [6.45, 7) is 7.49. The quantitative estimate of drug-likeness (QED) is 0.766. The minimum Gasteiger partial charge on any atom is -0.512 e. The standard InChI is InChI=1S/C23H27FO4/c1-22(2)9-15(25)20(16(26)10-22)19(13-6-5-7-14(24)8-13)21-17(27)11-23(3,4)12-18(21)28/h5-8,19-20,27H,9-12H2,1-4H3. The van der Waals surface area contributed by atoms with Crippen molar-refractivity contribution in [3.63, 3.8) is 0 Å². The molecule has 1 atom stereocenters. The van der Waals surface area contributed by atoms with Gasteiger partial charge >= 0.3 is 0 Å². The molecule has 0 aliphatic heterocycles. The Morgan fingerprint density at radius 1 is 0.964 bits per heavy atom. The number of aliphatic hydroxyl groups is 1.